The molecule has 3 N–H and O–H groups in total. The second-order valence-electron chi connectivity index (χ2n) is 5.14. The molecule has 0 amide bonds. The molecule has 0 spiro atoms. The van der Waals surface area contributed by atoms with Gasteiger partial charge in [-0.1, -0.05) is 0 Å². The largest absolute Gasteiger partial charge is 0.396 e. The summed E-state index contributed by atoms with van der Waals surface area (Å²) in [6.07, 6.45) is -3.14. The van der Waals surface area contributed by atoms with Gasteiger partial charge < -0.3 is 24.8 Å². The molecule has 1 fully saturated rings. The van der Waals surface area contributed by atoms with Crippen molar-refractivity contribution in [1.82, 2.24) is 0 Å². The van der Waals surface area contributed by atoms with Crippen LogP contribution in [0.15, 0.2) is 0 Å². The monoisotopic (exact) mass is 296 g/mol. The van der Waals surface area contributed by atoms with Crippen molar-refractivity contribution >= 4 is 8.69 Å². The fourth-order valence-electron chi connectivity index (χ4n) is 1.88. The predicted molar refractivity (Wildman–Crippen MR) is 65.7 cm³/mol. The van der Waals surface area contributed by atoms with E-state index in [1.807, 2.05) is 0 Å². The van der Waals surface area contributed by atoms with Crippen LogP contribution in [0.2, 0.25) is 0 Å². The lowest BCUT2D eigenvalue weighted by Gasteiger charge is -2.40. The zero-order chi connectivity index (χ0) is 14.5. The van der Waals surface area contributed by atoms with Gasteiger partial charge >= 0.3 is 8.69 Å². The first-order valence-electron chi connectivity index (χ1n) is 6.14. The van der Waals surface area contributed by atoms with Crippen LogP contribution in [0.1, 0.15) is 26.7 Å². The van der Waals surface area contributed by atoms with E-state index in [0.29, 0.717) is 6.42 Å². The maximum absolute atomic E-state index is 10.2. The Morgan fingerprint density at radius 3 is 2.68 bits per heavy atom. The Morgan fingerprint density at radius 1 is 1.42 bits per heavy atom. The van der Waals surface area contributed by atoms with Crippen LogP contribution in [0, 0.1) is 0 Å². The standard InChI is InChI=1S/C11H21O7P/c1-11(2,3-4-12)18-10-9(14)8(13)5-7(17-10)6-16-19-15/h7-10,12-14H,3-6H2,1-2H3/t7-,8-,9-,10+/m0/s1. The molecule has 8 heteroatoms. The van der Waals surface area contributed by atoms with Gasteiger partial charge in [-0.15, -0.1) is 0 Å². The van der Waals surface area contributed by atoms with Crippen molar-refractivity contribution < 1.29 is 33.9 Å². The third-order valence-electron chi connectivity index (χ3n) is 2.97. The van der Waals surface area contributed by atoms with Crippen LogP contribution in [0.5, 0.6) is 0 Å². The molecule has 1 heterocycles. The van der Waals surface area contributed by atoms with E-state index in [4.69, 9.17) is 14.6 Å². The summed E-state index contributed by atoms with van der Waals surface area (Å²) in [7, 11) is -0.463. The minimum Gasteiger partial charge on any atom is -0.396 e. The van der Waals surface area contributed by atoms with Crippen LogP contribution in [-0.2, 0) is 18.6 Å². The van der Waals surface area contributed by atoms with E-state index >= 15 is 0 Å². The van der Waals surface area contributed by atoms with Gasteiger partial charge in [0.05, 0.1) is 24.4 Å². The third kappa shape index (κ3) is 5.39. The van der Waals surface area contributed by atoms with Crippen molar-refractivity contribution in [3.63, 3.8) is 0 Å². The van der Waals surface area contributed by atoms with Crippen LogP contribution < -0.4 is 0 Å². The van der Waals surface area contributed by atoms with Gasteiger partial charge in [0.2, 0.25) is 0 Å². The maximum atomic E-state index is 10.2. The first kappa shape index (κ1) is 16.9. The summed E-state index contributed by atoms with van der Waals surface area (Å²) >= 11 is 0. The number of aliphatic hydroxyl groups excluding tert-OH is 3. The highest BCUT2D eigenvalue weighted by atomic mass is 31.1. The smallest absolute Gasteiger partial charge is 0.327 e. The highest BCUT2D eigenvalue weighted by Crippen LogP contribution is 2.27. The second-order valence-corrected chi connectivity index (χ2v) is 5.55. The molecule has 0 aromatic heterocycles. The SMILES string of the molecule is CC(C)(CCO)O[C@H]1O[C@H](COP=O)C[C@H](O)[C@@H]1O. The van der Waals surface area contributed by atoms with Crippen LogP contribution in [0.25, 0.3) is 0 Å². The van der Waals surface area contributed by atoms with E-state index in [0.717, 1.165) is 0 Å². The number of hydrogen-bond donors (Lipinski definition) is 3. The van der Waals surface area contributed by atoms with Crippen LogP contribution in [-0.4, -0.2) is 58.7 Å². The van der Waals surface area contributed by atoms with Gasteiger partial charge in [-0.2, -0.15) is 0 Å². The molecular formula is C11H21O7P. The fourth-order valence-corrected chi connectivity index (χ4v) is 2.10. The lowest BCUT2D eigenvalue weighted by atomic mass is 10.0. The zero-order valence-corrected chi connectivity index (χ0v) is 12.0. The van der Waals surface area contributed by atoms with Crippen LogP contribution in [0.4, 0.5) is 0 Å². The van der Waals surface area contributed by atoms with Gasteiger partial charge in [-0.05, 0) is 20.3 Å². The molecule has 1 aliphatic rings. The van der Waals surface area contributed by atoms with E-state index < -0.39 is 38.9 Å². The average molecular weight is 296 g/mol. The Hall–Kier alpha value is -0.140. The Kier molecular flexibility index (Phi) is 6.76. The highest BCUT2D eigenvalue weighted by Gasteiger charge is 2.40. The lowest BCUT2D eigenvalue weighted by molar-refractivity contribution is -0.299. The summed E-state index contributed by atoms with van der Waals surface area (Å²) in [4.78, 5) is 0. The fraction of sp³-hybridized carbons (Fsp3) is 1.00. The normalized spacial score (nSPS) is 32.7. The van der Waals surface area contributed by atoms with E-state index in [-0.39, 0.29) is 19.6 Å². The number of aliphatic hydroxyl groups is 3. The van der Waals surface area contributed by atoms with Gasteiger partial charge in [0.25, 0.3) is 0 Å². The predicted octanol–water partition coefficient (Wildman–Crippen LogP) is 0.224. The van der Waals surface area contributed by atoms with Gasteiger partial charge in [-0.3, -0.25) is 4.52 Å². The molecule has 1 saturated heterocycles. The molecule has 1 rings (SSSR count). The Bertz CT molecular complexity index is 286. The van der Waals surface area contributed by atoms with Crippen LogP contribution in [0.3, 0.4) is 0 Å². The van der Waals surface area contributed by atoms with E-state index in [9.17, 15) is 14.8 Å². The van der Waals surface area contributed by atoms with Gasteiger partial charge in [0.1, 0.15) is 6.10 Å². The van der Waals surface area contributed by atoms with Crippen molar-refractivity contribution in [2.45, 2.75) is 56.9 Å². The summed E-state index contributed by atoms with van der Waals surface area (Å²) in [5.41, 5.74) is -0.695. The van der Waals surface area contributed by atoms with Crippen molar-refractivity contribution in [2.75, 3.05) is 13.2 Å². The Morgan fingerprint density at radius 2 is 2.11 bits per heavy atom. The Labute approximate surface area is 113 Å². The molecule has 19 heavy (non-hydrogen) atoms. The lowest BCUT2D eigenvalue weighted by Crippen LogP contribution is -2.52. The van der Waals surface area contributed by atoms with E-state index in [1.54, 1.807) is 13.8 Å². The molecule has 0 aromatic rings. The van der Waals surface area contributed by atoms with Gasteiger partial charge in [0.15, 0.2) is 6.29 Å². The molecule has 1 aliphatic heterocycles. The molecule has 0 aromatic carbocycles. The summed E-state index contributed by atoms with van der Waals surface area (Å²) in [6.45, 7) is 3.49. The first-order chi connectivity index (χ1) is 8.89. The first-order valence-corrected chi connectivity index (χ1v) is 6.87. The molecule has 0 radical (unpaired) electrons. The summed E-state index contributed by atoms with van der Waals surface area (Å²) in [5, 5.41) is 28.5. The molecule has 0 aliphatic carbocycles. The van der Waals surface area contributed by atoms with E-state index in [1.165, 1.54) is 0 Å². The summed E-state index contributed by atoms with van der Waals surface area (Å²) in [5.74, 6) is 0. The minimum atomic E-state index is -1.17. The molecule has 112 valence electrons. The number of ether oxygens (including phenoxy) is 2. The molecule has 4 atom stereocenters. The van der Waals surface area contributed by atoms with Crippen molar-refractivity contribution in [1.29, 1.82) is 0 Å². The molecule has 7 nitrogen and oxygen atoms in total. The molecular weight excluding hydrogens is 275 g/mol. The minimum absolute atomic E-state index is 0.0368. The van der Waals surface area contributed by atoms with E-state index in [2.05, 4.69) is 4.52 Å². The molecule has 0 bridgehead atoms. The maximum Gasteiger partial charge on any atom is 0.327 e. The topological polar surface area (TPSA) is 105 Å². The van der Waals surface area contributed by atoms with Crippen LogP contribution >= 0.6 is 8.69 Å². The van der Waals surface area contributed by atoms with Gasteiger partial charge in [0, 0.05) is 13.0 Å². The quantitative estimate of drug-likeness (QED) is 0.577. The number of rotatable bonds is 7. The zero-order valence-electron chi connectivity index (χ0n) is 11.1. The van der Waals surface area contributed by atoms with Gasteiger partial charge in [-0.25, -0.2) is 4.57 Å². The Balaban J connectivity index is 2.60. The van der Waals surface area contributed by atoms with Crippen molar-refractivity contribution in [3.05, 3.63) is 0 Å². The average Bonchev–Trinajstić information content (AvgIpc) is 2.32. The highest BCUT2D eigenvalue weighted by molar-refractivity contribution is 7.17. The second kappa shape index (κ2) is 7.59. The molecule has 0 unspecified atom stereocenters. The summed E-state index contributed by atoms with van der Waals surface area (Å²) in [6, 6.07) is 0. The molecule has 0 saturated carbocycles. The third-order valence-corrected chi connectivity index (χ3v) is 3.22. The number of hydrogen-bond acceptors (Lipinski definition) is 7. The van der Waals surface area contributed by atoms with Crippen molar-refractivity contribution in [3.8, 4) is 0 Å². The summed E-state index contributed by atoms with van der Waals surface area (Å²) < 4.78 is 26.0. The van der Waals surface area contributed by atoms with Crippen molar-refractivity contribution in [2.24, 2.45) is 0 Å².